The van der Waals surface area contributed by atoms with Gasteiger partial charge < -0.3 is 11.1 Å². The second-order valence-corrected chi connectivity index (χ2v) is 9.19. The van der Waals surface area contributed by atoms with Crippen LogP contribution >= 0.6 is 11.6 Å². The molecule has 0 saturated carbocycles. The number of sulfonamides is 1. The molecule has 0 heterocycles. The number of hydrogen-bond acceptors (Lipinski definition) is 4. The van der Waals surface area contributed by atoms with Gasteiger partial charge in [0.2, 0.25) is 15.9 Å². The molecule has 3 rings (SSSR count). The number of amides is 2. The molecule has 0 radical (unpaired) electrons. The lowest BCUT2D eigenvalue weighted by molar-refractivity contribution is 0.0996. The molecule has 3 aromatic carbocycles. The van der Waals surface area contributed by atoms with Crippen LogP contribution in [0.2, 0.25) is 5.02 Å². The summed E-state index contributed by atoms with van der Waals surface area (Å²) < 4.78 is 25.8. The number of rotatable bonds is 7. The molecule has 160 valence electrons. The van der Waals surface area contributed by atoms with Crippen LogP contribution in [0.15, 0.2) is 72.8 Å². The molecule has 2 amide bonds. The van der Waals surface area contributed by atoms with E-state index in [0.717, 1.165) is 6.26 Å². The molecule has 0 fully saturated rings. The lowest BCUT2D eigenvalue weighted by Crippen LogP contribution is -2.29. The summed E-state index contributed by atoms with van der Waals surface area (Å²) in [6.07, 6.45) is 1.12. The van der Waals surface area contributed by atoms with Crippen LogP contribution in [-0.4, -0.2) is 26.5 Å². The van der Waals surface area contributed by atoms with Gasteiger partial charge in [-0.3, -0.25) is 13.9 Å². The lowest BCUT2D eigenvalue weighted by Gasteiger charge is -2.22. The highest BCUT2D eigenvalue weighted by atomic mass is 35.5. The van der Waals surface area contributed by atoms with Crippen molar-refractivity contribution in [2.75, 3.05) is 15.9 Å². The van der Waals surface area contributed by atoms with E-state index in [4.69, 9.17) is 17.3 Å². The van der Waals surface area contributed by atoms with E-state index in [1.807, 2.05) is 0 Å². The molecule has 0 saturated heterocycles. The predicted octanol–water partition coefficient (Wildman–Crippen LogP) is 3.66. The highest BCUT2D eigenvalue weighted by molar-refractivity contribution is 7.92. The highest BCUT2D eigenvalue weighted by Gasteiger charge is 2.18. The fourth-order valence-electron chi connectivity index (χ4n) is 2.91. The predicted molar refractivity (Wildman–Crippen MR) is 122 cm³/mol. The van der Waals surface area contributed by atoms with Crippen molar-refractivity contribution in [3.8, 4) is 0 Å². The number of hydrogen-bond donors (Lipinski definition) is 2. The average molecular weight is 458 g/mol. The van der Waals surface area contributed by atoms with Crippen molar-refractivity contribution in [2.24, 2.45) is 5.73 Å². The molecule has 0 atom stereocenters. The van der Waals surface area contributed by atoms with Crippen LogP contribution in [0.5, 0.6) is 0 Å². The number of benzene rings is 3. The summed E-state index contributed by atoms with van der Waals surface area (Å²) in [7, 11) is -3.55. The Morgan fingerprint density at radius 2 is 1.65 bits per heavy atom. The summed E-state index contributed by atoms with van der Waals surface area (Å²) in [5.41, 5.74) is 7.50. The van der Waals surface area contributed by atoms with Crippen molar-refractivity contribution in [1.29, 1.82) is 0 Å². The molecule has 3 N–H and O–H groups in total. The molecule has 0 unspecified atom stereocenters. The zero-order chi connectivity index (χ0) is 22.6. The Hall–Kier alpha value is -3.36. The van der Waals surface area contributed by atoms with Crippen molar-refractivity contribution in [1.82, 2.24) is 0 Å². The van der Waals surface area contributed by atoms with Gasteiger partial charge >= 0.3 is 0 Å². The van der Waals surface area contributed by atoms with Gasteiger partial charge in [-0.05, 0) is 54.1 Å². The van der Waals surface area contributed by atoms with Crippen molar-refractivity contribution in [3.05, 3.63) is 94.5 Å². The Bertz CT molecular complexity index is 1230. The molecule has 0 aliphatic rings. The molecule has 0 bridgehead atoms. The maximum Gasteiger partial charge on any atom is 0.255 e. The zero-order valence-electron chi connectivity index (χ0n) is 16.6. The van der Waals surface area contributed by atoms with Gasteiger partial charge in [-0.1, -0.05) is 35.9 Å². The van der Waals surface area contributed by atoms with Crippen LogP contribution in [0, 0.1) is 0 Å². The largest absolute Gasteiger partial charge is 0.366 e. The zero-order valence-corrected chi connectivity index (χ0v) is 18.2. The SMILES string of the molecule is CS(=O)(=O)N(Cc1ccc(C(=O)Nc2cccc(C(N)=O)c2)cc1)c1cccc(Cl)c1. The molecule has 31 heavy (non-hydrogen) atoms. The number of nitrogens with two attached hydrogens (primary N) is 1. The molecule has 0 spiro atoms. The quantitative estimate of drug-likeness (QED) is 0.564. The fraction of sp³-hybridized carbons (Fsp3) is 0.0909. The van der Waals surface area contributed by atoms with E-state index < -0.39 is 15.9 Å². The van der Waals surface area contributed by atoms with Crippen LogP contribution in [0.4, 0.5) is 11.4 Å². The van der Waals surface area contributed by atoms with Crippen LogP contribution in [0.3, 0.4) is 0 Å². The van der Waals surface area contributed by atoms with E-state index in [1.54, 1.807) is 66.7 Å². The Morgan fingerprint density at radius 1 is 0.968 bits per heavy atom. The average Bonchev–Trinajstić information content (AvgIpc) is 2.71. The minimum absolute atomic E-state index is 0.0851. The second-order valence-electron chi connectivity index (χ2n) is 6.85. The molecular formula is C22H20ClN3O4S. The highest BCUT2D eigenvalue weighted by Crippen LogP contribution is 2.24. The Kier molecular flexibility index (Phi) is 6.62. The lowest BCUT2D eigenvalue weighted by atomic mass is 10.1. The minimum atomic E-state index is -3.55. The van der Waals surface area contributed by atoms with E-state index >= 15 is 0 Å². The third-order valence-electron chi connectivity index (χ3n) is 4.44. The number of nitrogens with zero attached hydrogens (tertiary/aromatic N) is 1. The van der Waals surface area contributed by atoms with Crippen molar-refractivity contribution >= 4 is 44.8 Å². The van der Waals surface area contributed by atoms with E-state index in [1.165, 1.54) is 10.4 Å². The number of primary amides is 1. The Balaban J connectivity index is 1.76. The summed E-state index contributed by atoms with van der Waals surface area (Å²) in [4.78, 5) is 23.8. The van der Waals surface area contributed by atoms with Gasteiger partial charge in [0.15, 0.2) is 0 Å². The van der Waals surface area contributed by atoms with Crippen LogP contribution in [-0.2, 0) is 16.6 Å². The van der Waals surface area contributed by atoms with E-state index in [-0.39, 0.29) is 18.0 Å². The number of carbonyl (C=O) groups is 2. The molecular weight excluding hydrogens is 438 g/mol. The number of halogens is 1. The number of anilines is 2. The fourth-order valence-corrected chi connectivity index (χ4v) is 3.98. The summed E-state index contributed by atoms with van der Waals surface area (Å²) >= 11 is 6.00. The summed E-state index contributed by atoms with van der Waals surface area (Å²) in [5.74, 6) is -0.960. The van der Waals surface area contributed by atoms with Gasteiger partial charge in [0, 0.05) is 21.8 Å². The van der Waals surface area contributed by atoms with Crippen molar-refractivity contribution in [3.63, 3.8) is 0 Å². The first-order valence-electron chi connectivity index (χ1n) is 9.17. The van der Waals surface area contributed by atoms with Gasteiger partial charge in [-0.25, -0.2) is 8.42 Å². The van der Waals surface area contributed by atoms with Gasteiger partial charge in [0.25, 0.3) is 5.91 Å². The van der Waals surface area contributed by atoms with Gasteiger partial charge in [-0.15, -0.1) is 0 Å². The number of nitrogens with one attached hydrogen (secondary N) is 1. The molecule has 7 nitrogen and oxygen atoms in total. The number of carbonyl (C=O) groups excluding carboxylic acids is 2. The van der Waals surface area contributed by atoms with E-state index in [0.29, 0.717) is 27.5 Å². The van der Waals surface area contributed by atoms with Crippen LogP contribution in [0.1, 0.15) is 26.3 Å². The normalized spacial score (nSPS) is 11.0. The van der Waals surface area contributed by atoms with Gasteiger partial charge in [-0.2, -0.15) is 0 Å². The molecule has 0 aliphatic heterocycles. The molecule has 3 aromatic rings. The molecule has 9 heteroatoms. The Morgan fingerprint density at radius 3 is 2.26 bits per heavy atom. The van der Waals surface area contributed by atoms with E-state index in [9.17, 15) is 18.0 Å². The van der Waals surface area contributed by atoms with Gasteiger partial charge in [0.1, 0.15) is 0 Å². The molecule has 0 aliphatic carbocycles. The summed E-state index contributed by atoms with van der Waals surface area (Å²) in [6, 6.07) is 19.4. The van der Waals surface area contributed by atoms with Crippen LogP contribution < -0.4 is 15.4 Å². The first-order valence-corrected chi connectivity index (χ1v) is 11.4. The monoisotopic (exact) mass is 457 g/mol. The third-order valence-corrected chi connectivity index (χ3v) is 5.82. The van der Waals surface area contributed by atoms with Crippen LogP contribution in [0.25, 0.3) is 0 Å². The maximum atomic E-state index is 12.5. The second kappa shape index (κ2) is 9.20. The third kappa shape index (κ3) is 5.84. The van der Waals surface area contributed by atoms with Crippen molar-refractivity contribution in [2.45, 2.75) is 6.54 Å². The first kappa shape index (κ1) is 22.3. The maximum absolute atomic E-state index is 12.5. The molecule has 0 aromatic heterocycles. The minimum Gasteiger partial charge on any atom is -0.366 e. The summed E-state index contributed by atoms with van der Waals surface area (Å²) in [5, 5.41) is 3.13. The van der Waals surface area contributed by atoms with Crippen molar-refractivity contribution < 1.29 is 18.0 Å². The Labute approximate surface area is 185 Å². The summed E-state index contributed by atoms with van der Waals surface area (Å²) in [6.45, 7) is 0.0851. The standard InChI is InChI=1S/C22H20ClN3O4S/c1-31(29,30)26(20-7-3-5-18(23)13-20)14-15-8-10-16(11-9-15)22(28)25-19-6-2-4-17(12-19)21(24)27/h2-13H,14H2,1H3,(H2,24,27)(H,25,28). The van der Waals surface area contributed by atoms with Gasteiger partial charge in [0.05, 0.1) is 18.5 Å². The smallest absolute Gasteiger partial charge is 0.255 e. The topological polar surface area (TPSA) is 110 Å². The van der Waals surface area contributed by atoms with E-state index in [2.05, 4.69) is 5.32 Å². The first-order chi connectivity index (χ1) is 14.6.